The summed E-state index contributed by atoms with van der Waals surface area (Å²) in [6.07, 6.45) is 0.450. The lowest BCUT2D eigenvalue weighted by Crippen LogP contribution is -2.21. The van der Waals surface area contributed by atoms with Crippen LogP contribution in [0.25, 0.3) is 0 Å². The van der Waals surface area contributed by atoms with Gasteiger partial charge in [-0.05, 0) is 11.6 Å². The first-order valence-corrected chi connectivity index (χ1v) is 6.29. The molecule has 0 unspecified atom stereocenters. The van der Waals surface area contributed by atoms with Crippen LogP contribution in [0.15, 0.2) is 18.2 Å². The molecule has 0 saturated carbocycles. The van der Waals surface area contributed by atoms with Gasteiger partial charge in [-0.1, -0.05) is 19.9 Å². The third-order valence-electron chi connectivity index (χ3n) is 2.50. The highest BCUT2D eigenvalue weighted by Crippen LogP contribution is 2.28. The molecule has 19 heavy (non-hydrogen) atoms. The number of nitrogens with zero attached hydrogens (tertiary/aromatic N) is 1. The Bertz CT molecular complexity index is 421. The minimum Gasteiger partial charge on any atom is -0.487 e. The zero-order valence-electron chi connectivity index (χ0n) is 11.3. The largest absolute Gasteiger partial charge is 0.487 e. The van der Waals surface area contributed by atoms with Gasteiger partial charge in [0.05, 0.1) is 11.5 Å². The summed E-state index contributed by atoms with van der Waals surface area (Å²) < 4.78 is 5.36. The predicted octanol–water partition coefficient (Wildman–Crippen LogP) is 1.85. The van der Waals surface area contributed by atoms with Gasteiger partial charge in [-0.15, -0.1) is 0 Å². The molecule has 0 radical (unpaired) electrons. The number of aliphatic hydroxyl groups excluding tert-OH is 1. The van der Waals surface area contributed by atoms with Gasteiger partial charge in [0.1, 0.15) is 0 Å². The summed E-state index contributed by atoms with van der Waals surface area (Å²) >= 11 is 0. The van der Waals surface area contributed by atoms with Crippen LogP contribution in [0, 0.1) is 10.1 Å². The van der Waals surface area contributed by atoms with Gasteiger partial charge >= 0.3 is 5.69 Å². The fourth-order valence-corrected chi connectivity index (χ4v) is 1.50. The Hall–Kier alpha value is -1.66. The Kier molecular flexibility index (Phi) is 6.24. The number of rotatable bonds is 8. The minimum atomic E-state index is -0.464. The molecule has 0 aliphatic rings. The van der Waals surface area contributed by atoms with Crippen LogP contribution < -0.4 is 10.1 Å². The summed E-state index contributed by atoms with van der Waals surface area (Å²) in [6, 6.07) is 5.18. The van der Waals surface area contributed by atoms with Crippen LogP contribution in [0.4, 0.5) is 5.69 Å². The molecule has 0 amide bonds. The Morgan fingerprint density at radius 2 is 2.21 bits per heavy atom. The highest BCUT2D eigenvalue weighted by molar-refractivity contribution is 5.48. The van der Waals surface area contributed by atoms with Gasteiger partial charge in [0.25, 0.3) is 0 Å². The zero-order chi connectivity index (χ0) is 14.3. The molecule has 0 spiro atoms. The van der Waals surface area contributed by atoms with E-state index in [0.717, 1.165) is 5.56 Å². The first-order valence-electron chi connectivity index (χ1n) is 6.29. The van der Waals surface area contributed by atoms with Gasteiger partial charge in [-0.3, -0.25) is 10.1 Å². The average molecular weight is 268 g/mol. The summed E-state index contributed by atoms with van der Waals surface area (Å²) in [5.41, 5.74) is 0.879. The van der Waals surface area contributed by atoms with E-state index in [0.29, 0.717) is 19.0 Å². The van der Waals surface area contributed by atoms with Crippen molar-refractivity contribution in [1.82, 2.24) is 5.32 Å². The molecule has 0 heterocycles. The molecule has 1 aromatic carbocycles. The summed E-state index contributed by atoms with van der Waals surface area (Å²) in [5.74, 6) is 0.251. The molecule has 0 aliphatic carbocycles. The number of ether oxygens (including phenoxy) is 1. The highest BCUT2D eigenvalue weighted by Gasteiger charge is 2.15. The molecule has 0 fully saturated rings. The Morgan fingerprint density at radius 1 is 1.47 bits per heavy atom. The van der Waals surface area contributed by atoms with Gasteiger partial charge < -0.3 is 15.2 Å². The zero-order valence-corrected chi connectivity index (χ0v) is 11.3. The molecule has 6 heteroatoms. The standard InChI is InChI=1S/C13H20N2O4/c1-10(2)14-9-11-4-5-12(15(17)18)13(8-11)19-7-3-6-16/h4-5,8,10,14,16H,3,6-7,9H2,1-2H3. The molecular weight excluding hydrogens is 248 g/mol. The third kappa shape index (κ3) is 5.23. The molecule has 0 atom stereocenters. The number of hydrogen-bond donors (Lipinski definition) is 2. The van der Waals surface area contributed by atoms with Crippen molar-refractivity contribution in [3.05, 3.63) is 33.9 Å². The number of benzene rings is 1. The molecule has 1 aromatic rings. The van der Waals surface area contributed by atoms with Crippen molar-refractivity contribution >= 4 is 5.69 Å². The Balaban J connectivity index is 2.81. The van der Waals surface area contributed by atoms with Crippen LogP contribution in [0.2, 0.25) is 0 Å². The van der Waals surface area contributed by atoms with E-state index in [-0.39, 0.29) is 24.7 Å². The van der Waals surface area contributed by atoms with Crippen LogP contribution >= 0.6 is 0 Å². The summed E-state index contributed by atoms with van der Waals surface area (Å²) in [6.45, 7) is 4.96. The van der Waals surface area contributed by atoms with Gasteiger partial charge in [-0.25, -0.2) is 0 Å². The third-order valence-corrected chi connectivity index (χ3v) is 2.50. The number of hydrogen-bond acceptors (Lipinski definition) is 5. The quantitative estimate of drug-likeness (QED) is 0.427. The van der Waals surface area contributed by atoms with Crippen molar-refractivity contribution in [2.24, 2.45) is 0 Å². The maximum atomic E-state index is 10.9. The molecule has 6 nitrogen and oxygen atoms in total. The van der Waals surface area contributed by atoms with E-state index in [1.165, 1.54) is 6.07 Å². The van der Waals surface area contributed by atoms with Crippen LogP contribution in [0.5, 0.6) is 5.75 Å². The van der Waals surface area contributed by atoms with Crippen molar-refractivity contribution in [2.75, 3.05) is 13.2 Å². The van der Waals surface area contributed by atoms with E-state index in [1.54, 1.807) is 12.1 Å². The number of nitrogens with one attached hydrogen (secondary N) is 1. The van der Waals surface area contributed by atoms with Gasteiger partial charge in [-0.2, -0.15) is 0 Å². The summed E-state index contributed by atoms with van der Waals surface area (Å²) in [5, 5.41) is 22.8. The minimum absolute atomic E-state index is 0.00237. The lowest BCUT2D eigenvalue weighted by atomic mass is 10.2. The van der Waals surface area contributed by atoms with Gasteiger partial charge in [0, 0.05) is 31.7 Å². The van der Waals surface area contributed by atoms with E-state index >= 15 is 0 Å². The number of aliphatic hydroxyl groups is 1. The predicted molar refractivity (Wildman–Crippen MR) is 72.3 cm³/mol. The van der Waals surface area contributed by atoms with Crippen molar-refractivity contribution in [1.29, 1.82) is 0 Å². The van der Waals surface area contributed by atoms with E-state index in [9.17, 15) is 10.1 Å². The van der Waals surface area contributed by atoms with E-state index in [2.05, 4.69) is 5.32 Å². The first kappa shape index (κ1) is 15.4. The second-order valence-electron chi connectivity index (χ2n) is 4.52. The monoisotopic (exact) mass is 268 g/mol. The van der Waals surface area contributed by atoms with Crippen molar-refractivity contribution in [3.63, 3.8) is 0 Å². The molecule has 1 rings (SSSR count). The summed E-state index contributed by atoms with van der Waals surface area (Å²) in [4.78, 5) is 10.4. The normalized spacial score (nSPS) is 10.7. The molecular formula is C13H20N2O4. The fourth-order valence-electron chi connectivity index (χ4n) is 1.50. The molecule has 0 bridgehead atoms. The topological polar surface area (TPSA) is 84.6 Å². The van der Waals surface area contributed by atoms with Crippen molar-refractivity contribution in [3.8, 4) is 5.75 Å². The Morgan fingerprint density at radius 3 is 2.79 bits per heavy atom. The molecule has 106 valence electrons. The maximum absolute atomic E-state index is 10.9. The highest BCUT2D eigenvalue weighted by atomic mass is 16.6. The van der Waals surface area contributed by atoms with Gasteiger partial charge in [0.15, 0.2) is 5.75 Å². The van der Waals surface area contributed by atoms with Crippen molar-refractivity contribution < 1.29 is 14.8 Å². The molecule has 2 N–H and O–H groups in total. The van der Waals surface area contributed by atoms with Crippen LogP contribution in [0.3, 0.4) is 0 Å². The van der Waals surface area contributed by atoms with Crippen LogP contribution in [-0.2, 0) is 6.54 Å². The van der Waals surface area contributed by atoms with E-state index in [1.807, 2.05) is 13.8 Å². The Labute approximate surface area is 112 Å². The first-order chi connectivity index (χ1) is 9.04. The smallest absolute Gasteiger partial charge is 0.310 e. The molecule has 0 aliphatic heterocycles. The summed E-state index contributed by atoms with van der Waals surface area (Å²) in [7, 11) is 0. The SMILES string of the molecule is CC(C)NCc1ccc([N+](=O)[O-])c(OCCCO)c1. The lowest BCUT2D eigenvalue weighted by Gasteiger charge is -2.10. The second kappa shape index (κ2) is 7.70. The van der Waals surface area contributed by atoms with Crippen molar-refractivity contribution in [2.45, 2.75) is 32.9 Å². The fraction of sp³-hybridized carbons (Fsp3) is 0.538. The lowest BCUT2D eigenvalue weighted by molar-refractivity contribution is -0.385. The average Bonchev–Trinajstić information content (AvgIpc) is 2.36. The van der Waals surface area contributed by atoms with E-state index < -0.39 is 4.92 Å². The number of nitro benzene ring substituents is 1. The van der Waals surface area contributed by atoms with Crippen LogP contribution in [-0.4, -0.2) is 29.3 Å². The molecule has 0 aromatic heterocycles. The molecule has 0 saturated heterocycles. The van der Waals surface area contributed by atoms with E-state index in [4.69, 9.17) is 9.84 Å². The number of nitro groups is 1. The second-order valence-corrected chi connectivity index (χ2v) is 4.52. The van der Waals surface area contributed by atoms with Gasteiger partial charge in [0.2, 0.25) is 0 Å². The van der Waals surface area contributed by atoms with Crippen LogP contribution in [0.1, 0.15) is 25.8 Å². The maximum Gasteiger partial charge on any atom is 0.310 e.